The van der Waals surface area contributed by atoms with Gasteiger partial charge in [0.1, 0.15) is 0 Å². The van der Waals surface area contributed by atoms with E-state index in [1.807, 2.05) is 24.4 Å². The fourth-order valence-electron chi connectivity index (χ4n) is 2.88. The van der Waals surface area contributed by atoms with Gasteiger partial charge in [0.2, 0.25) is 0 Å². The van der Waals surface area contributed by atoms with Gasteiger partial charge in [-0.05, 0) is 35.8 Å². The molecule has 0 spiro atoms. The number of allylic oxidation sites excluding steroid dienone is 1. The Morgan fingerprint density at radius 1 is 1.00 bits per heavy atom. The summed E-state index contributed by atoms with van der Waals surface area (Å²) in [6, 6.07) is 18.5. The summed E-state index contributed by atoms with van der Waals surface area (Å²) >= 11 is 5.94. The molecule has 1 aliphatic heterocycles. The second-order valence-corrected chi connectivity index (χ2v) is 6.84. The molecule has 4 heteroatoms. The van der Waals surface area contributed by atoms with E-state index in [1.54, 1.807) is 0 Å². The monoisotopic (exact) mass is 353 g/mol. The number of piperazine rings is 1. The van der Waals surface area contributed by atoms with Gasteiger partial charge in [-0.1, -0.05) is 60.1 Å². The van der Waals surface area contributed by atoms with Crippen LogP contribution in [0.5, 0.6) is 0 Å². The molecule has 0 unspecified atom stereocenters. The third kappa shape index (κ3) is 5.73. The molecule has 25 heavy (non-hydrogen) atoms. The van der Waals surface area contributed by atoms with Crippen molar-refractivity contribution in [2.24, 2.45) is 5.10 Å². The van der Waals surface area contributed by atoms with Crippen LogP contribution < -0.4 is 0 Å². The van der Waals surface area contributed by atoms with Crippen LogP contribution in [-0.2, 0) is 6.54 Å². The Morgan fingerprint density at radius 2 is 1.68 bits per heavy atom. The fraction of sp³-hybridized carbons (Fsp3) is 0.286. The first kappa shape index (κ1) is 17.7. The molecule has 0 amide bonds. The molecule has 0 bridgehead atoms. The second kappa shape index (κ2) is 8.84. The molecule has 3 rings (SSSR count). The molecule has 1 heterocycles. The van der Waals surface area contributed by atoms with Gasteiger partial charge < -0.3 is 0 Å². The molecule has 0 aromatic heterocycles. The largest absolute Gasteiger partial charge is 0.295 e. The topological polar surface area (TPSA) is 18.8 Å². The van der Waals surface area contributed by atoms with Crippen LogP contribution in [0.2, 0.25) is 5.02 Å². The Morgan fingerprint density at radius 3 is 2.36 bits per heavy atom. The van der Waals surface area contributed by atoms with Crippen LogP contribution in [0.4, 0.5) is 0 Å². The van der Waals surface area contributed by atoms with E-state index in [1.165, 1.54) is 11.1 Å². The highest BCUT2D eigenvalue weighted by molar-refractivity contribution is 6.30. The maximum atomic E-state index is 5.94. The van der Waals surface area contributed by atoms with Gasteiger partial charge in [0.15, 0.2) is 0 Å². The van der Waals surface area contributed by atoms with E-state index < -0.39 is 0 Å². The van der Waals surface area contributed by atoms with Crippen molar-refractivity contribution in [2.45, 2.75) is 13.5 Å². The van der Waals surface area contributed by atoms with E-state index in [4.69, 9.17) is 11.6 Å². The maximum Gasteiger partial charge on any atom is 0.0499 e. The Kier molecular flexibility index (Phi) is 6.26. The summed E-state index contributed by atoms with van der Waals surface area (Å²) in [5, 5.41) is 7.58. The molecule has 130 valence electrons. The lowest BCUT2D eigenvalue weighted by Gasteiger charge is -2.33. The predicted octanol–water partition coefficient (Wildman–Crippen LogP) is 4.55. The summed E-state index contributed by atoms with van der Waals surface area (Å²) in [6.07, 6.45) is 4.11. The average molecular weight is 354 g/mol. The first-order valence-corrected chi connectivity index (χ1v) is 9.06. The zero-order valence-electron chi connectivity index (χ0n) is 14.6. The number of hydrogen-bond acceptors (Lipinski definition) is 3. The summed E-state index contributed by atoms with van der Waals surface area (Å²) in [6.45, 7) is 7.04. The van der Waals surface area contributed by atoms with E-state index in [-0.39, 0.29) is 0 Å². The van der Waals surface area contributed by atoms with E-state index in [0.717, 1.165) is 43.3 Å². The molecule has 2 aromatic rings. The van der Waals surface area contributed by atoms with Crippen molar-refractivity contribution in [3.8, 4) is 0 Å². The molecule has 0 N–H and O–H groups in total. The Hall–Kier alpha value is -2.10. The summed E-state index contributed by atoms with van der Waals surface area (Å²) in [5.74, 6) is 0. The Bertz CT molecular complexity index is 715. The molecule has 1 saturated heterocycles. The lowest BCUT2D eigenvalue weighted by Crippen LogP contribution is -2.43. The quantitative estimate of drug-likeness (QED) is 0.734. The van der Waals surface area contributed by atoms with Gasteiger partial charge in [0.25, 0.3) is 0 Å². The van der Waals surface area contributed by atoms with E-state index in [0.29, 0.717) is 0 Å². The van der Waals surface area contributed by atoms with Gasteiger partial charge in [-0.2, -0.15) is 5.10 Å². The van der Waals surface area contributed by atoms with Crippen molar-refractivity contribution in [2.75, 3.05) is 26.2 Å². The van der Waals surface area contributed by atoms with Gasteiger partial charge in [-0.3, -0.25) is 9.91 Å². The molecule has 2 aromatic carbocycles. The zero-order chi connectivity index (χ0) is 17.5. The van der Waals surface area contributed by atoms with Gasteiger partial charge in [0.05, 0.1) is 0 Å². The van der Waals surface area contributed by atoms with Crippen molar-refractivity contribution in [3.05, 3.63) is 76.3 Å². The molecule has 1 fully saturated rings. The highest BCUT2D eigenvalue weighted by Crippen LogP contribution is 2.13. The van der Waals surface area contributed by atoms with Crippen molar-refractivity contribution < 1.29 is 0 Å². The van der Waals surface area contributed by atoms with Crippen molar-refractivity contribution >= 4 is 23.9 Å². The fourth-order valence-corrected chi connectivity index (χ4v) is 3.01. The van der Waals surface area contributed by atoms with Crippen LogP contribution in [0.15, 0.2) is 65.3 Å². The van der Waals surface area contributed by atoms with E-state index >= 15 is 0 Å². The molecule has 3 nitrogen and oxygen atoms in total. The standard InChI is InChI=1S/C21H24ClN3/c1-18(15-19-5-3-2-4-6-19)16-23-25-13-11-24(12-14-25)17-20-7-9-21(22)10-8-20/h2-10,15-16H,11-14,17H2,1H3. The van der Waals surface area contributed by atoms with E-state index in [9.17, 15) is 0 Å². The van der Waals surface area contributed by atoms with Crippen LogP contribution >= 0.6 is 11.6 Å². The van der Waals surface area contributed by atoms with Gasteiger partial charge in [-0.25, -0.2) is 0 Å². The second-order valence-electron chi connectivity index (χ2n) is 6.40. The van der Waals surface area contributed by atoms with Crippen LogP contribution in [0, 0.1) is 0 Å². The van der Waals surface area contributed by atoms with Crippen LogP contribution in [0.3, 0.4) is 0 Å². The molecule has 0 aliphatic carbocycles. The van der Waals surface area contributed by atoms with Crippen LogP contribution in [-0.4, -0.2) is 42.3 Å². The first-order valence-electron chi connectivity index (χ1n) is 8.68. The molecular formula is C21H24ClN3. The number of benzene rings is 2. The average Bonchev–Trinajstić information content (AvgIpc) is 2.64. The summed E-state index contributed by atoms with van der Waals surface area (Å²) < 4.78 is 0. The van der Waals surface area contributed by atoms with Crippen LogP contribution in [0.25, 0.3) is 6.08 Å². The number of rotatable bonds is 5. The van der Waals surface area contributed by atoms with Gasteiger partial charge in [0, 0.05) is 44.0 Å². The molecule has 0 saturated carbocycles. The summed E-state index contributed by atoms with van der Waals surface area (Å²) in [4.78, 5) is 2.46. The number of hydrazone groups is 1. The number of halogens is 1. The van der Waals surface area contributed by atoms with Crippen molar-refractivity contribution in [1.29, 1.82) is 0 Å². The minimum Gasteiger partial charge on any atom is -0.295 e. The van der Waals surface area contributed by atoms with Gasteiger partial charge in [-0.15, -0.1) is 0 Å². The van der Waals surface area contributed by atoms with Crippen molar-refractivity contribution in [1.82, 2.24) is 9.91 Å². The first-order chi connectivity index (χ1) is 12.2. The Balaban J connectivity index is 1.47. The third-order valence-electron chi connectivity index (χ3n) is 4.29. The minimum atomic E-state index is 0.793. The highest BCUT2D eigenvalue weighted by Gasteiger charge is 2.15. The maximum absolute atomic E-state index is 5.94. The number of hydrogen-bond donors (Lipinski definition) is 0. The van der Waals surface area contributed by atoms with E-state index in [2.05, 4.69) is 64.4 Å². The molecule has 1 aliphatic rings. The van der Waals surface area contributed by atoms with Crippen LogP contribution in [0.1, 0.15) is 18.1 Å². The molecule has 0 atom stereocenters. The molecular weight excluding hydrogens is 330 g/mol. The lowest BCUT2D eigenvalue weighted by molar-refractivity contribution is 0.131. The highest BCUT2D eigenvalue weighted by atomic mass is 35.5. The Labute approximate surface area is 155 Å². The SMILES string of the molecule is CC(C=NN1CCN(Cc2ccc(Cl)cc2)CC1)=Cc1ccccc1. The van der Waals surface area contributed by atoms with Gasteiger partial charge >= 0.3 is 0 Å². The summed E-state index contributed by atoms with van der Waals surface area (Å²) in [7, 11) is 0. The minimum absolute atomic E-state index is 0.793. The lowest BCUT2D eigenvalue weighted by atomic mass is 10.1. The zero-order valence-corrected chi connectivity index (χ0v) is 15.4. The summed E-state index contributed by atoms with van der Waals surface area (Å²) in [5.41, 5.74) is 3.68. The molecule has 0 radical (unpaired) electrons. The van der Waals surface area contributed by atoms with Crippen molar-refractivity contribution in [3.63, 3.8) is 0 Å². The normalized spacial score (nSPS) is 16.6. The smallest absolute Gasteiger partial charge is 0.0499 e. The predicted molar refractivity (Wildman–Crippen MR) is 107 cm³/mol. The number of nitrogens with zero attached hydrogens (tertiary/aromatic N) is 3. The third-order valence-corrected chi connectivity index (χ3v) is 4.54.